The lowest BCUT2D eigenvalue weighted by Crippen LogP contribution is -2.27. The van der Waals surface area contributed by atoms with Crippen molar-refractivity contribution in [2.75, 3.05) is 11.9 Å². The zero-order valence-corrected chi connectivity index (χ0v) is 16.8. The van der Waals surface area contributed by atoms with E-state index in [1.165, 1.54) is 12.1 Å². The van der Waals surface area contributed by atoms with Crippen LogP contribution in [-0.2, 0) is 14.8 Å². The first-order chi connectivity index (χ1) is 13.9. The summed E-state index contributed by atoms with van der Waals surface area (Å²) in [5.74, 6) is 1.12. The molecule has 0 aromatic heterocycles. The number of amides is 1. The Balaban J connectivity index is 1.48. The Morgan fingerprint density at radius 3 is 2.31 bits per heavy atom. The summed E-state index contributed by atoms with van der Waals surface area (Å²) in [5, 5.41) is 2.74. The van der Waals surface area contributed by atoms with Crippen molar-refractivity contribution in [1.29, 1.82) is 0 Å². The fraction of sp³-hybridized carbons (Fsp3) is 0.136. The molecule has 0 aliphatic heterocycles. The molecule has 0 aliphatic carbocycles. The average Bonchev–Trinajstić information content (AvgIpc) is 2.70. The lowest BCUT2D eigenvalue weighted by molar-refractivity contribution is -0.116. The number of rotatable bonds is 8. The molecule has 3 rings (SSSR count). The molecule has 29 heavy (non-hydrogen) atoms. The second-order valence-corrected chi connectivity index (χ2v) is 8.22. The second-order valence-electron chi connectivity index (χ2n) is 6.45. The summed E-state index contributed by atoms with van der Waals surface area (Å²) in [7, 11) is -3.61. The van der Waals surface area contributed by atoms with Crippen molar-refractivity contribution in [3.8, 4) is 11.5 Å². The van der Waals surface area contributed by atoms with Crippen LogP contribution in [0.1, 0.15) is 12.0 Å². The third kappa shape index (κ3) is 6.17. The molecule has 0 unspecified atom stereocenters. The van der Waals surface area contributed by atoms with Gasteiger partial charge in [0.1, 0.15) is 11.5 Å². The molecule has 0 saturated heterocycles. The Bertz CT molecular complexity index is 1070. The Hall–Kier alpha value is -3.16. The molecule has 0 saturated carbocycles. The van der Waals surface area contributed by atoms with Gasteiger partial charge in [0, 0.05) is 18.7 Å². The summed E-state index contributed by atoms with van der Waals surface area (Å²) in [6.45, 7) is 2.00. The van der Waals surface area contributed by atoms with Gasteiger partial charge in [-0.1, -0.05) is 30.3 Å². The number of aryl methyl sites for hydroxylation is 1. The van der Waals surface area contributed by atoms with Gasteiger partial charge in [-0.3, -0.25) is 4.79 Å². The van der Waals surface area contributed by atoms with E-state index in [1.54, 1.807) is 42.5 Å². The van der Waals surface area contributed by atoms with Crippen LogP contribution in [0.2, 0.25) is 0 Å². The first-order valence-electron chi connectivity index (χ1n) is 9.11. The summed E-state index contributed by atoms with van der Waals surface area (Å²) in [6, 6.07) is 22.7. The molecule has 150 valence electrons. The summed E-state index contributed by atoms with van der Waals surface area (Å²) in [6.07, 6.45) is 0.0214. The number of hydrogen-bond donors (Lipinski definition) is 2. The SMILES string of the molecule is Cc1cccc(Oc2ccc(NC(=O)CCNS(=O)(=O)c3ccccc3)cc2)c1. The van der Waals surface area contributed by atoms with Gasteiger partial charge in [-0.15, -0.1) is 0 Å². The van der Waals surface area contributed by atoms with Crippen molar-refractivity contribution in [3.05, 3.63) is 84.4 Å². The minimum absolute atomic E-state index is 0.0115. The van der Waals surface area contributed by atoms with Gasteiger partial charge in [0.05, 0.1) is 4.90 Å². The fourth-order valence-corrected chi connectivity index (χ4v) is 3.68. The molecule has 0 spiro atoms. The first-order valence-corrected chi connectivity index (χ1v) is 10.6. The summed E-state index contributed by atoms with van der Waals surface area (Å²) in [5.41, 5.74) is 1.71. The number of anilines is 1. The number of benzene rings is 3. The van der Waals surface area contributed by atoms with E-state index in [-0.39, 0.29) is 23.8 Å². The predicted octanol–water partition coefficient (Wildman–Crippen LogP) is 4.09. The van der Waals surface area contributed by atoms with Crippen LogP contribution < -0.4 is 14.8 Å². The van der Waals surface area contributed by atoms with E-state index in [9.17, 15) is 13.2 Å². The fourth-order valence-electron chi connectivity index (χ4n) is 2.63. The van der Waals surface area contributed by atoms with Crippen LogP contribution in [0, 0.1) is 6.92 Å². The smallest absolute Gasteiger partial charge is 0.240 e. The average molecular weight is 410 g/mol. The summed E-state index contributed by atoms with van der Waals surface area (Å²) < 4.78 is 32.4. The maximum atomic E-state index is 12.1. The van der Waals surface area contributed by atoms with Crippen molar-refractivity contribution in [2.45, 2.75) is 18.2 Å². The van der Waals surface area contributed by atoms with Crippen LogP contribution in [-0.4, -0.2) is 20.9 Å². The van der Waals surface area contributed by atoms with Crippen LogP contribution >= 0.6 is 0 Å². The molecule has 3 aromatic rings. The van der Waals surface area contributed by atoms with Gasteiger partial charge in [0.15, 0.2) is 0 Å². The van der Waals surface area contributed by atoms with Gasteiger partial charge in [0.25, 0.3) is 0 Å². The quantitative estimate of drug-likeness (QED) is 0.586. The molecular weight excluding hydrogens is 388 g/mol. The zero-order chi connectivity index (χ0) is 20.7. The number of ether oxygens (including phenoxy) is 1. The second kappa shape index (κ2) is 9.36. The molecular formula is C22H22N2O4S. The van der Waals surface area contributed by atoms with E-state index in [4.69, 9.17) is 4.74 Å². The molecule has 0 heterocycles. The molecule has 7 heteroatoms. The third-order valence-electron chi connectivity index (χ3n) is 4.06. The number of carbonyl (C=O) groups excluding carboxylic acids is 1. The van der Waals surface area contributed by atoms with Gasteiger partial charge in [-0.05, 0) is 61.0 Å². The Morgan fingerprint density at radius 1 is 0.897 bits per heavy atom. The number of carbonyl (C=O) groups is 1. The molecule has 2 N–H and O–H groups in total. The predicted molar refractivity (Wildman–Crippen MR) is 113 cm³/mol. The monoisotopic (exact) mass is 410 g/mol. The normalized spacial score (nSPS) is 11.1. The largest absolute Gasteiger partial charge is 0.457 e. The Kier molecular flexibility index (Phi) is 6.64. The Morgan fingerprint density at radius 2 is 1.62 bits per heavy atom. The van der Waals surface area contributed by atoms with Crippen LogP contribution in [0.25, 0.3) is 0 Å². The standard InChI is InChI=1S/C22H22N2O4S/c1-17-6-5-7-20(16-17)28-19-12-10-18(11-13-19)24-22(25)14-15-23-29(26,27)21-8-3-2-4-9-21/h2-13,16,23H,14-15H2,1H3,(H,24,25). The van der Waals surface area contributed by atoms with Gasteiger partial charge in [-0.25, -0.2) is 13.1 Å². The van der Waals surface area contributed by atoms with Crippen molar-refractivity contribution in [1.82, 2.24) is 4.72 Å². The third-order valence-corrected chi connectivity index (χ3v) is 5.54. The highest BCUT2D eigenvalue weighted by molar-refractivity contribution is 7.89. The molecule has 0 bridgehead atoms. The molecule has 0 radical (unpaired) electrons. The van der Waals surface area contributed by atoms with Crippen molar-refractivity contribution < 1.29 is 17.9 Å². The van der Waals surface area contributed by atoms with Crippen LogP contribution in [0.15, 0.2) is 83.8 Å². The highest BCUT2D eigenvalue weighted by Gasteiger charge is 2.13. The van der Waals surface area contributed by atoms with Gasteiger partial charge in [0.2, 0.25) is 15.9 Å². The topological polar surface area (TPSA) is 84.5 Å². The molecule has 0 aliphatic rings. The number of nitrogens with one attached hydrogen (secondary N) is 2. The van der Waals surface area contributed by atoms with Crippen molar-refractivity contribution >= 4 is 21.6 Å². The minimum Gasteiger partial charge on any atom is -0.457 e. The highest BCUT2D eigenvalue weighted by atomic mass is 32.2. The van der Waals surface area contributed by atoms with Gasteiger partial charge >= 0.3 is 0 Å². The zero-order valence-electron chi connectivity index (χ0n) is 16.0. The first kappa shape index (κ1) is 20.6. The van der Waals surface area contributed by atoms with Crippen molar-refractivity contribution in [2.24, 2.45) is 0 Å². The number of sulfonamides is 1. The van der Waals surface area contributed by atoms with E-state index < -0.39 is 10.0 Å². The van der Waals surface area contributed by atoms with E-state index in [0.717, 1.165) is 11.3 Å². The lowest BCUT2D eigenvalue weighted by atomic mass is 10.2. The number of hydrogen-bond acceptors (Lipinski definition) is 4. The lowest BCUT2D eigenvalue weighted by Gasteiger charge is -2.09. The van der Waals surface area contributed by atoms with Gasteiger partial charge < -0.3 is 10.1 Å². The molecule has 0 fully saturated rings. The minimum atomic E-state index is -3.61. The van der Waals surface area contributed by atoms with E-state index in [1.807, 2.05) is 31.2 Å². The van der Waals surface area contributed by atoms with E-state index in [2.05, 4.69) is 10.0 Å². The Labute approximate surface area is 170 Å². The molecule has 0 atom stereocenters. The molecule has 6 nitrogen and oxygen atoms in total. The summed E-state index contributed by atoms with van der Waals surface area (Å²) in [4.78, 5) is 12.2. The van der Waals surface area contributed by atoms with Crippen LogP contribution in [0.4, 0.5) is 5.69 Å². The molecule has 1 amide bonds. The van der Waals surface area contributed by atoms with E-state index in [0.29, 0.717) is 11.4 Å². The van der Waals surface area contributed by atoms with Crippen LogP contribution in [0.3, 0.4) is 0 Å². The maximum absolute atomic E-state index is 12.1. The van der Waals surface area contributed by atoms with Gasteiger partial charge in [-0.2, -0.15) is 0 Å². The van der Waals surface area contributed by atoms with E-state index >= 15 is 0 Å². The summed E-state index contributed by atoms with van der Waals surface area (Å²) >= 11 is 0. The maximum Gasteiger partial charge on any atom is 0.240 e. The highest BCUT2D eigenvalue weighted by Crippen LogP contribution is 2.23. The van der Waals surface area contributed by atoms with Crippen molar-refractivity contribution in [3.63, 3.8) is 0 Å². The molecule has 3 aromatic carbocycles. The van der Waals surface area contributed by atoms with Crippen LogP contribution in [0.5, 0.6) is 11.5 Å².